The van der Waals surface area contributed by atoms with Gasteiger partial charge in [0.15, 0.2) is 0 Å². The monoisotopic (exact) mass is 193 g/mol. The van der Waals surface area contributed by atoms with Crippen LogP contribution in [0.4, 0.5) is 5.69 Å². The highest BCUT2D eigenvalue weighted by molar-refractivity contribution is 5.57. The summed E-state index contributed by atoms with van der Waals surface area (Å²) in [5.74, 6) is 0. The van der Waals surface area contributed by atoms with Crippen molar-refractivity contribution in [3.8, 4) is 0 Å². The van der Waals surface area contributed by atoms with Crippen LogP contribution in [0.3, 0.4) is 0 Å². The van der Waals surface area contributed by atoms with Gasteiger partial charge < -0.3 is 15.5 Å². The van der Waals surface area contributed by atoms with E-state index in [1.165, 1.54) is 5.56 Å². The van der Waals surface area contributed by atoms with E-state index < -0.39 is 0 Å². The first-order valence-electron chi connectivity index (χ1n) is 4.94. The summed E-state index contributed by atoms with van der Waals surface area (Å²) in [5, 5.41) is 21.4. The molecule has 0 saturated carbocycles. The molecule has 0 aliphatic carbocycles. The van der Waals surface area contributed by atoms with Crippen molar-refractivity contribution < 1.29 is 10.2 Å². The molecule has 1 heterocycles. The molecule has 3 nitrogen and oxygen atoms in total. The maximum absolute atomic E-state index is 9.14. The number of rotatable bonds is 2. The number of hydrogen-bond donors (Lipinski definition) is 3. The molecule has 0 spiro atoms. The second-order valence-corrected chi connectivity index (χ2v) is 3.66. The van der Waals surface area contributed by atoms with E-state index in [0.717, 1.165) is 24.1 Å². The summed E-state index contributed by atoms with van der Waals surface area (Å²) in [6.45, 7) is 0.261. The van der Waals surface area contributed by atoms with E-state index in [0.29, 0.717) is 0 Å². The summed E-state index contributed by atoms with van der Waals surface area (Å²) in [6, 6.07) is 6.03. The van der Waals surface area contributed by atoms with Gasteiger partial charge in [-0.3, -0.25) is 0 Å². The number of aliphatic hydroxyl groups excluding tert-OH is 2. The highest BCUT2D eigenvalue weighted by atomic mass is 16.3. The molecule has 2 rings (SSSR count). The molecule has 0 amide bonds. The normalized spacial score (nSPS) is 20.0. The molecule has 0 radical (unpaired) electrons. The third-order valence-corrected chi connectivity index (χ3v) is 2.77. The van der Waals surface area contributed by atoms with Crippen molar-refractivity contribution in [2.45, 2.75) is 25.5 Å². The van der Waals surface area contributed by atoms with Gasteiger partial charge in [0.25, 0.3) is 0 Å². The molecule has 0 aromatic heterocycles. The van der Waals surface area contributed by atoms with Crippen LogP contribution in [0.1, 0.15) is 17.5 Å². The molecule has 1 atom stereocenters. The summed E-state index contributed by atoms with van der Waals surface area (Å²) in [4.78, 5) is 0. The third kappa shape index (κ3) is 1.61. The molecule has 14 heavy (non-hydrogen) atoms. The zero-order valence-corrected chi connectivity index (χ0v) is 8.03. The Morgan fingerprint density at radius 2 is 2.21 bits per heavy atom. The van der Waals surface area contributed by atoms with E-state index in [9.17, 15) is 0 Å². The third-order valence-electron chi connectivity index (χ3n) is 2.77. The van der Waals surface area contributed by atoms with Crippen LogP contribution in [0.2, 0.25) is 0 Å². The molecule has 3 N–H and O–H groups in total. The fraction of sp³-hybridized carbons (Fsp3) is 0.455. The fourth-order valence-electron chi connectivity index (χ4n) is 1.96. The summed E-state index contributed by atoms with van der Waals surface area (Å²) >= 11 is 0. The minimum Gasteiger partial charge on any atom is -0.394 e. The molecule has 76 valence electrons. The summed E-state index contributed by atoms with van der Waals surface area (Å²) in [6.07, 6.45) is 1.87. The van der Waals surface area contributed by atoms with Crippen LogP contribution in [-0.4, -0.2) is 22.9 Å². The summed E-state index contributed by atoms with van der Waals surface area (Å²) in [5.41, 5.74) is 3.24. The topological polar surface area (TPSA) is 52.5 Å². The summed E-state index contributed by atoms with van der Waals surface area (Å²) < 4.78 is 0. The van der Waals surface area contributed by atoms with Gasteiger partial charge in [0, 0.05) is 11.7 Å². The number of anilines is 1. The molecular weight excluding hydrogens is 178 g/mol. The Kier molecular flexibility index (Phi) is 2.70. The quantitative estimate of drug-likeness (QED) is 0.654. The number of aliphatic hydroxyl groups is 2. The zero-order chi connectivity index (χ0) is 9.97. The van der Waals surface area contributed by atoms with Crippen LogP contribution in [-0.2, 0) is 13.0 Å². The van der Waals surface area contributed by atoms with Gasteiger partial charge >= 0.3 is 0 Å². The van der Waals surface area contributed by atoms with Crippen LogP contribution in [0.5, 0.6) is 0 Å². The van der Waals surface area contributed by atoms with Crippen molar-refractivity contribution in [3.63, 3.8) is 0 Å². The standard InChI is InChI=1S/C11H15NO2/c13-6-8-2-1-3-11-10(8)5-4-9(7-14)12-11/h1-3,9,12-14H,4-7H2. The highest BCUT2D eigenvalue weighted by Crippen LogP contribution is 2.27. The number of hydrogen-bond acceptors (Lipinski definition) is 3. The highest BCUT2D eigenvalue weighted by Gasteiger charge is 2.18. The molecule has 1 aromatic rings. The van der Waals surface area contributed by atoms with Crippen molar-refractivity contribution in [1.29, 1.82) is 0 Å². The lowest BCUT2D eigenvalue weighted by atomic mass is 9.94. The Morgan fingerprint density at radius 3 is 2.93 bits per heavy atom. The maximum Gasteiger partial charge on any atom is 0.0685 e. The summed E-state index contributed by atoms with van der Waals surface area (Å²) in [7, 11) is 0. The first-order valence-corrected chi connectivity index (χ1v) is 4.94. The van der Waals surface area contributed by atoms with E-state index in [4.69, 9.17) is 10.2 Å². The molecule has 1 aliphatic rings. The van der Waals surface area contributed by atoms with Crippen molar-refractivity contribution in [2.75, 3.05) is 11.9 Å². The van der Waals surface area contributed by atoms with Gasteiger partial charge in [0.05, 0.1) is 13.2 Å². The van der Waals surface area contributed by atoms with Crippen LogP contribution in [0.15, 0.2) is 18.2 Å². The van der Waals surface area contributed by atoms with E-state index in [1.807, 2.05) is 18.2 Å². The molecule has 1 aliphatic heterocycles. The molecule has 0 saturated heterocycles. The Bertz CT molecular complexity index is 325. The molecule has 0 bridgehead atoms. The van der Waals surface area contributed by atoms with Gasteiger partial charge in [-0.05, 0) is 30.0 Å². The molecular formula is C11H15NO2. The van der Waals surface area contributed by atoms with Gasteiger partial charge in [-0.2, -0.15) is 0 Å². The van der Waals surface area contributed by atoms with Gasteiger partial charge in [-0.1, -0.05) is 12.1 Å². The molecule has 3 heteroatoms. The second-order valence-electron chi connectivity index (χ2n) is 3.66. The van der Waals surface area contributed by atoms with Crippen LogP contribution < -0.4 is 5.32 Å². The minimum absolute atomic E-state index is 0.0919. The number of fused-ring (bicyclic) bond motifs is 1. The van der Waals surface area contributed by atoms with E-state index in [-0.39, 0.29) is 19.3 Å². The first-order chi connectivity index (χ1) is 6.85. The average molecular weight is 193 g/mol. The van der Waals surface area contributed by atoms with Crippen LogP contribution >= 0.6 is 0 Å². The van der Waals surface area contributed by atoms with Gasteiger partial charge in [0.1, 0.15) is 0 Å². The number of benzene rings is 1. The average Bonchev–Trinajstić information content (AvgIpc) is 2.27. The van der Waals surface area contributed by atoms with Gasteiger partial charge in [-0.25, -0.2) is 0 Å². The molecule has 0 fully saturated rings. The Balaban J connectivity index is 2.30. The van der Waals surface area contributed by atoms with Crippen molar-refractivity contribution in [2.24, 2.45) is 0 Å². The van der Waals surface area contributed by atoms with Crippen molar-refractivity contribution >= 4 is 5.69 Å². The largest absolute Gasteiger partial charge is 0.394 e. The van der Waals surface area contributed by atoms with Crippen LogP contribution in [0, 0.1) is 0 Å². The zero-order valence-electron chi connectivity index (χ0n) is 8.03. The van der Waals surface area contributed by atoms with E-state index in [1.54, 1.807) is 0 Å². The van der Waals surface area contributed by atoms with Gasteiger partial charge in [-0.15, -0.1) is 0 Å². The molecule has 1 aromatic carbocycles. The lowest BCUT2D eigenvalue weighted by Gasteiger charge is -2.26. The van der Waals surface area contributed by atoms with Crippen LogP contribution in [0.25, 0.3) is 0 Å². The van der Waals surface area contributed by atoms with Crippen molar-refractivity contribution in [3.05, 3.63) is 29.3 Å². The van der Waals surface area contributed by atoms with E-state index in [2.05, 4.69) is 5.32 Å². The Hall–Kier alpha value is -1.06. The Morgan fingerprint density at radius 1 is 1.36 bits per heavy atom. The second kappa shape index (κ2) is 3.98. The SMILES string of the molecule is OCc1cccc2c1CCC(CO)N2. The first kappa shape index (κ1) is 9.49. The maximum atomic E-state index is 9.14. The lowest BCUT2D eigenvalue weighted by Crippen LogP contribution is -2.29. The predicted octanol–water partition coefficient (Wildman–Crippen LogP) is 0.898. The number of nitrogens with one attached hydrogen (secondary N) is 1. The predicted molar refractivity (Wildman–Crippen MR) is 55.2 cm³/mol. The van der Waals surface area contributed by atoms with Crippen molar-refractivity contribution in [1.82, 2.24) is 0 Å². The van der Waals surface area contributed by atoms with E-state index >= 15 is 0 Å². The lowest BCUT2D eigenvalue weighted by molar-refractivity contribution is 0.265. The fourth-order valence-corrected chi connectivity index (χ4v) is 1.96. The minimum atomic E-state index is 0.0919. The smallest absolute Gasteiger partial charge is 0.0685 e. The van der Waals surface area contributed by atoms with Gasteiger partial charge in [0.2, 0.25) is 0 Å². The molecule has 1 unspecified atom stereocenters. The Labute approximate surface area is 83.4 Å².